The van der Waals surface area contributed by atoms with Gasteiger partial charge in [-0.3, -0.25) is 9.69 Å². The first-order valence-corrected chi connectivity index (χ1v) is 9.84. The lowest BCUT2D eigenvalue weighted by Crippen LogP contribution is -2.49. The van der Waals surface area contributed by atoms with Crippen LogP contribution in [0.3, 0.4) is 0 Å². The van der Waals surface area contributed by atoms with Gasteiger partial charge in [0.2, 0.25) is 0 Å². The second kappa shape index (κ2) is 8.81. The Labute approximate surface area is 165 Å². The molecule has 1 aliphatic heterocycles. The van der Waals surface area contributed by atoms with Crippen molar-refractivity contribution >= 4 is 17.5 Å². The van der Waals surface area contributed by atoms with Crippen LogP contribution in [0, 0.1) is 0 Å². The number of rotatable bonds is 7. The highest BCUT2D eigenvalue weighted by molar-refractivity contribution is 6.30. The van der Waals surface area contributed by atoms with Crippen LogP contribution in [0.2, 0.25) is 5.02 Å². The number of likely N-dealkylation sites (tertiary alicyclic amines) is 1. The molecule has 1 saturated heterocycles. The summed E-state index contributed by atoms with van der Waals surface area (Å²) in [6.45, 7) is 6.05. The molecule has 146 valence electrons. The standard InChI is InChI=1S/C21H27ClN2O3/c1-21(2,27-17-10-8-16(22)9-11-17)20(25)23-15-18(19-7-6-14-26-19)24-12-4-3-5-13-24/h6-11,14,18H,3-5,12-13,15H2,1-2H3,(H,23,25)/t18-/m0/s1. The fraction of sp³-hybridized carbons (Fsp3) is 0.476. The molecule has 0 unspecified atom stereocenters. The van der Waals surface area contributed by atoms with Gasteiger partial charge in [-0.2, -0.15) is 0 Å². The summed E-state index contributed by atoms with van der Waals surface area (Å²) in [6.07, 6.45) is 5.30. The predicted molar refractivity (Wildman–Crippen MR) is 106 cm³/mol. The van der Waals surface area contributed by atoms with E-state index in [0.29, 0.717) is 17.3 Å². The maximum Gasteiger partial charge on any atom is 0.263 e. The Balaban J connectivity index is 1.63. The molecular weight excluding hydrogens is 364 g/mol. The molecule has 6 heteroatoms. The topological polar surface area (TPSA) is 54.7 Å². The molecule has 1 atom stereocenters. The molecule has 1 aromatic carbocycles. The molecule has 2 heterocycles. The van der Waals surface area contributed by atoms with Crippen LogP contribution in [0.5, 0.6) is 5.75 Å². The fourth-order valence-corrected chi connectivity index (χ4v) is 3.49. The zero-order chi connectivity index (χ0) is 19.3. The summed E-state index contributed by atoms with van der Waals surface area (Å²) in [5.41, 5.74) is -0.997. The number of amides is 1. The van der Waals surface area contributed by atoms with Crippen molar-refractivity contribution in [3.8, 4) is 5.75 Å². The highest BCUT2D eigenvalue weighted by Crippen LogP contribution is 2.25. The van der Waals surface area contributed by atoms with Crippen molar-refractivity contribution in [3.05, 3.63) is 53.4 Å². The number of piperidine rings is 1. The number of nitrogens with zero attached hydrogens (tertiary/aromatic N) is 1. The minimum absolute atomic E-state index is 0.0376. The van der Waals surface area contributed by atoms with Crippen molar-refractivity contribution < 1.29 is 13.9 Å². The van der Waals surface area contributed by atoms with Gasteiger partial charge >= 0.3 is 0 Å². The Hall–Kier alpha value is -1.98. The predicted octanol–water partition coefficient (Wildman–Crippen LogP) is 4.43. The van der Waals surface area contributed by atoms with Crippen molar-refractivity contribution in [1.29, 1.82) is 0 Å². The molecule has 3 rings (SSSR count). The SMILES string of the molecule is CC(C)(Oc1ccc(Cl)cc1)C(=O)NC[C@@H](c1ccco1)N1CCCCC1. The van der Waals surface area contributed by atoms with Gasteiger partial charge in [0.1, 0.15) is 11.5 Å². The van der Waals surface area contributed by atoms with E-state index >= 15 is 0 Å². The Morgan fingerprint density at radius 3 is 2.56 bits per heavy atom. The number of hydrogen-bond acceptors (Lipinski definition) is 4. The van der Waals surface area contributed by atoms with Gasteiger partial charge in [0.15, 0.2) is 5.60 Å². The van der Waals surface area contributed by atoms with Crippen molar-refractivity contribution in [2.75, 3.05) is 19.6 Å². The van der Waals surface area contributed by atoms with Crippen LogP contribution in [-0.4, -0.2) is 36.0 Å². The van der Waals surface area contributed by atoms with Gasteiger partial charge in [0, 0.05) is 11.6 Å². The summed E-state index contributed by atoms with van der Waals surface area (Å²) in [5.74, 6) is 1.33. The van der Waals surface area contributed by atoms with Crippen LogP contribution >= 0.6 is 11.6 Å². The lowest BCUT2D eigenvalue weighted by molar-refractivity contribution is -0.134. The van der Waals surface area contributed by atoms with Gasteiger partial charge < -0.3 is 14.5 Å². The highest BCUT2D eigenvalue weighted by atomic mass is 35.5. The van der Waals surface area contributed by atoms with Crippen LogP contribution in [0.4, 0.5) is 0 Å². The first kappa shape index (κ1) is 19.8. The number of carbonyl (C=O) groups is 1. The number of halogens is 1. The highest BCUT2D eigenvalue weighted by Gasteiger charge is 2.32. The Kier molecular flexibility index (Phi) is 6.45. The monoisotopic (exact) mass is 390 g/mol. The Morgan fingerprint density at radius 2 is 1.93 bits per heavy atom. The van der Waals surface area contributed by atoms with Gasteiger partial charge in [-0.1, -0.05) is 18.0 Å². The molecule has 5 nitrogen and oxygen atoms in total. The van der Waals surface area contributed by atoms with E-state index in [1.54, 1.807) is 44.4 Å². The maximum absolute atomic E-state index is 12.8. The number of ether oxygens (including phenoxy) is 1. The molecule has 27 heavy (non-hydrogen) atoms. The third-order valence-corrected chi connectivity index (χ3v) is 5.14. The summed E-state index contributed by atoms with van der Waals surface area (Å²) in [7, 11) is 0. The molecule has 0 spiro atoms. The van der Waals surface area contributed by atoms with Crippen molar-refractivity contribution in [2.45, 2.75) is 44.8 Å². The lowest BCUT2D eigenvalue weighted by Gasteiger charge is -2.34. The minimum Gasteiger partial charge on any atom is -0.478 e. The zero-order valence-electron chi connectivity index (χ0n) is 15.9. The van der Waals surface area contributed by atoms with Crippen LogP contribution in [0.15, 0.2) is 47.1 Å². The molecule has 1 N–H and O–H groups in total. The van der Waals surface area contributed by atoms with Gasteiger partial charge in [0.05, 0.1) is 12.3 Å². The average Bonchev–Trinajstić information content (AvgIpc) is 3.19. The van der Waals surface area contributed by atoms with Gasteiger partial charge in [-0.15, -0.1) is 0 Å². The normalized spacial score (nSPS) is 16.7. The number of hydrogen-bond donors (Lipinski definition) is 1. The van der Waals surface area contributed by atoms with Crippen molar-refractivity contribution in [3.63, 3.8) is 0 Å². The third-order valence-electron chi connectivity index (χ3n) is 4.89. The van der Waals surface area contributed by atoms with E-state index in [4.69, 9.17) is 20.8 Å². The second-order valence-electron chi connectivity index (χ2n) is 7.40. The zero-order valence-corrected chi connectivity index (χ0v) is 16.7. The Bertz CT molecular complexity index is 722. The number of nitrogens with one attached hydrogen (secondary N) is 1. The van der Waals surface area contributed by atoms with Gasteiger partial charge in [0.25, 0.3) is 5.91 Å². The van der Waals surface area contributed by atoms with E-state index in [-0.39, 0.29) is 11.9 Å². The summed E-state index contributed by atoms with van der Waals surface area (Å²) >= 11 is 5.90. The van der Waals surface area contributed by atoms with Crippen LogP contribution in [0.25, 0.3) is 0 Å². The largest absolute Gasteiger partial charge is 0.478 e. The smallest absolute Gasteiger partial charge is 0.263 e. The van der Waals surface area contributed by atoms with E-state index in [1.807, 2.05) is 12.1 Å². The maximum atomic E-state index is 12.8. The van der Waals surface area contributed by atoms with Crippen molar-refractivity contribution in [1.82, 2.24) is 10.2 Å². The summed E-state index contributed by atoms with van der Waals surface area (Å²) < 4.78 is 11.5. The fourth-order valence-electron chi connectivity index (χ4n) is 3.37. The van der Waals surface area contributed by atoms with Crippen molar-refractivity contribution in [2.24, 2.45) is 0 Å². The van der Waals surface area contributed by atoms with Crippen LogP contribution in [0.1, 0.15) is 44.9 Å². The van der Waals surface area contributed by atoms with E-state index < -0.39 is 5.60 Å². The number of furan rings is 1. The molecule has 0 saturated carbocycles. The molecule has 1 aliphatic rings. The molecule has 0 radical (unpaired) electrons. The molecule has 0 bridgehead atoms. The minimum atomic E-state index is -0.997. The second-order valence-corrected chi connectivity index (χ2v) is 7.84. The molecule has 1 fully saturated rings. The van der Waals surface area contributed by atoms with E-state index in [0.717, 1.165) is 18.8 Å². The molecular formula is C21H27ClN2O3. The first-order chi connectivity index (χ1) is 13.0. The van der Waals surface area contributed by atoms with Crippen LogP contribution < -0.4 is 10.1 Å². The summed E-state index contributed by atoms with van der Waals surface area (Å²) in [4.78, 5) is 15.2. The quantitative estimate of drug-likeness (QED) is 0.759. The molecule has 2 aromatic rings. The third kappa shape index (κ3) is 5.27. The molecule has 0 aliphatic carbocycles. The van der Waals surface area contributed by atoms with Gasteiger partial charge in [-0.05, 0) is 76.2 Å². The first-order valence-electron chi connectivity index (χ1n) is 9.46. The lowest BCUT2D eigenvalue weighted by atomic mass is 10.1. The van der Waals surface area contributed by atoms with E-state index in [1.165, 1.54) is 19.3 Å². The Morgan fingerprint density at radius 1 is 1.22 bits per heavy atom. The van der Waals surface area contributed by atoms with E-state index in [2.05, 4.69) is 10.2 Å². The average molecular weight is 391 g/mol. The number of carbonyl (C=O) groups excluding carboxylic acids is 1. The molecule has 1 aromatic heterocycles. The van der Waals surface area contributed by atoms with Crippen LogP contribution in [-0.2, 0) is 4.79 Å². The van der Waals surface area contributed by atoms with Gasteiger partial charge in [-0.25, -0.2) is 0 Å². The summed E-state index contributed by atoms with van der Waals surface area (Å²) in [5, 5.41) is 3.68. The number of benzene rings is 1. The van der Waals surface area contributed by atoms with E-state index in [9.17, 15) is 4.79 Å². The summed E-state index contributed by atoms with van der Waals surface area (Å²) in [6, 6.07) is 10.9. The molecule has 1 amide bonds.